The molecular formula is C15H15FN5O3PS2. The van der Waals surface area contributed by atoms with Crippen LogP contribution in [-0.4, -0.2) is 36.6 Å². The Hall–Kier alpha value is -1.96. The third-order valence-electron chi connectivity index (χ3n) is 3.67. The number of fused-ring (bicyclic) bond motifs is 1. The fraction of sp³-hybridized carbons (Fsp3) is 0.267. The van der Waals surface area contributed by atoms with Gasteiger partial charge in [0, 0.05) is 16.7 Å². The summed E-state index contributed by atoms with van der Waals surface area (Å²) in [6.45, 7) is 0.258. The Balaban J connectivity index is 2.08. The second-order valence-corrected chi connectivity index (χ2v) is 8.40. The van der Waals surface area contributed by atoms with E-state index in [-0.39, 0.29) is 17.0 Å². The van der Waals surface area contributed by atoms with Crippen molar-refractivity contribution in [3.05, 3.63) is 28.9 Å². The van der Waals surface area contributed by atoms with Crippen LogP contribution in [0, 0.1) is 11.3 Å². The lowest BCUT2D eigenvalue weighted by Crippen LogP contribution is -2.10. The molecule has 2 heterocycles. The zero-order valence-corrected chi connectivity index (χ0v) is 16.4. The second kappa shape index (κ2) is 8.82. The number of rotatable bonds is 8. The number of benzene rings is 1. The highest BCUT2D eigenvalue weighted by atomic mass is 32.2. The Labute approximate surface area is 162 Å². The summed E-state index contributed by atoms with van der Waals surface area (Å²) in [5.74, 6) is -0.411. The fourth-order valence-corrected chi connectivity index (χ4v) is 4.58. The molecule has 0 saturated carbocycles. The summed E-state index contributed by atoms with van der Waals surface area (Å²) in [6, 6.07) is 5.45. The first kappa shape index (κ1) is 19.8. The number of nitrogens with zero attached hydrogens (tertiary/aromatic N) is 3. The van der Waals surface area contributed by atoms with E-state index in [0.717, 1.165) is 11.3 Å². The highest BCUT2D eigenvalue weighted by molar-refractivity contribution is 7.82. The summed E-state index contributed by atoms with van der Waals surface area (Å²) in [5, 5.41) is 21.8. The molecule has 0 amide bonds. The Morgan fingerprint density at radius 3 is 3.00 bits per heavy atom. The van der Waals surface area contributed by atoms with Gasteiger partial charge in [-0.15, -0.1) is 11.3 Å². The van der Waals surface area contributed by atoms with Crippen molar-refractivity contribution >= 4 is 41.2 Å². The van der Waals surface area contributed by atoms with E-state index in [2.05, 4.69) is 15.2 Å². The minimum atomic E-state index is -1.63. The number of nitrogens with two attached hydrogens (primary N) is 1. The number of ether oxygens (including phenoxy) is 1. The van der Waals surface area contributed by atoms with Crippen LogP contribution in [0.25, 0.3) is 21.5 Å². The number of nitriles is 1. The van der Waals surface area contributed by atoms with Crippen LogP contribution in [0.2, 0.25) is 0 Å². The van der Waals surface area contributed by atoms with E-state index in [0.29, 0.717) is 39.4 Å². The maximum atomic E-state index is 14.2. The smallest absolute Gasteiger partial charge is 0.176 e. The summed E-state index contributed by atoms with van der Waals surface area (Å²) in [4.78, 5) is 13.4. The third-order valence-corrected chi connectivity index (χ3v) is 6.35. The molecule has 0 aliphatic rings. The molecule has 12 heteroatoms. The van der Waals surface area contributed by atoms with Crippen molar-refractivity contribution in [2.75, 3.05) is 12.4 Å². The van der Waals surface area contributed by atoms with Crippen molar-refractivity contribution in [2.24, 2.45) is 5.14 Å². The van der Waals surface area contributed by atoms with Crippen LogP contribution in [0.4, 0.5) is 4.39 Å². The molecule has 2 aromatic heterocycles. The van der Waals surface area contributed by atoms with Crippen LogP contribution < -0.4 is 9.88 Å². The lowest BCUT2D eigenvalue weighted by Gasteiger charge is -2.09. The van der Waals surface area contributed by atoms with Gasteiger partial charge in [0.25, 0.3) is 0 Å². The summed E-state index contributed by atoms with van der Waals surface area (Å²) < 4.78 is 31.5. The lowest BCUT2D eigenvalue weighted by molar-refractivity contribution is 0.322. The molecule has 4 N–H and O–H groups in total. The second-order valence-electron chi connectivity index (χ2n) is 5.42. The van der Waals surface area contributed by atoms with Crippen LogP contribution >= 0.6 is 20.1 Å². The largest absolute Gasteiger partial charge is 0.492 e. The highest BCUT2D eigenvalue weighted by Gasteiger charge is 2.23. The van der Waals surface area contributed by atoms with E-state index in [1.807, 2.05) is 6.07 Å². The van der Waals surface area contributed by atoms with Crippen molar-refractivity contribution in [3.63, 3.8) is 0 Å². The Morgan fingerprint density at radius 1 is 1.56 bits per heavy atom. The molecule has 1 aromatic carbocycles. The van der Waals surface area contributed by atoms with Gasteiger partial charge in [-0.2, -0.15) is 10.4 Å². The van der Waals surface area contributed by atoms with E-state index in [1.54, 1.807) is 12.1 Å². The zero-order valence-electron chi connectivity index (χ0n) is 13.8. The van der Waals surface area contributed by atoms with Crippen molar-refractivity contribution in [1.29, 1.82) is 5.26 Å². The molecule has 0 aliphatic carbocycles. The topological polar surface area (TPSA) is 138 Å². The lowest BCUT2D eigenvalue weighted by atomic mass is 10.1. The fourth-order valence-electron chi connectivity index (χ4n) is 2.51. The summed E-state index contributed by atoms with van der Waals surface area (Å²) in [7, 11) is -2.37. The molecule has 142 valence electrons. The number of nitrogens with one attached hydrogen (secondary N) is 1. The SMILES string of the molecule is N#Cc1c(C(F)PO)sc2c(OCCCS(N)=O)cc(-c3ncn[nH]3)cc12. The summed E-state index contributed by atoms with van der Waals surface area (Å²) in [5.41, 5.74) is 0.790. The third kappa shape index (κ3) is 4.31. The first-order valence-electron chi connectivity index (χ1n) is 7.70. The van der Waals surface area contributed by atoms with Gasteiger partial charge in [0.1, 0.15) is 18.1 Å². The molecular weight excluding hydrogens is 412 g/mol. The number of alkyl halides is 1. The highest BCUT2D eigenvalue weighted by Crippen LogP contribution is 2.46. The average molecular weight is 427 g/mol. The number of thiophene rings is 1. The van der Waals surface area contributed by atoms with Gasteiger partial charge in [-0.3, -0.25) is 10.2 Å². The molecule has 3 atom stereocenters. The van der Waals surface area contributed by atoms with Crippen molar-refractivity contribution in [1.82, 2.24) is 15.2 Å². The van der Waals surface area contributed by atoms with Crippen LogP contribution in [-0.2, 0) is 11.0 Å². The molecule has 0 fully saturated rings. The van der Waals surface area contributed by atoms with Gasteiger partial charge in [-0.1, -0.05) is 0 Å². The van der Waals surface area contributed by atoms with Crippen LogP contribution in [0.1, 0.15) is 22.8 Å². The molecule has 0 spiro atoms. The standard InChI is InChI=1S/C15H15FN5O3PS2/c16-14(25-22)13-10(6-17)9-4-8(15-19-7-20-21-15)5-11(12(9)26-13)24-2-1-3-27(18)23/h4-5,7,14,22,25H,1-3,18H2,(H,19,20,21). The molecule has 0 aliphatic heterocycles. The number of halogens is 1. The summed E-state index contributed by atoms with van der Waals surface area (Å²) >= 11 is 1.07. The Kier molecular flexibility index (Phi) is 6.46. The number of aromatic amines is 1. The first-order chi connectivity index (χ1) is 13.0. The van der Waals surface area contributed by atoms with E-state index >= 15 is 0 Å². The van der Waals surface area contributed by atoms with E-state index in [1.165, 1.54) is 6.33 Å². The van der Waals surface area contributed by atoms with Gasteiger partial charge >= 0.3 is 0 Å². The monoisotopic (exact) mass is 427 g/mol. The molecule has 27 heavy (non-hydrogen) atoms. The Morgan fingerprint density at radius 2 is 2.37 bits per heavy atom. The van der Waals surface area contributed by atoms with E-state index in [4.69, 9.17) is 9.88 Å². The quantitative estimate of drug-likeness (QED) is 0.373. The van der Waals surface area contributed by atoms with E-state index < -0.39 is 25.7 Å². The van der Waals surface area contributed by atoms with Gasteiger partial charge in [0.15, 0.2) is 11.7 Å². The van der Waals surface area contributed by atoms with Crippen molar-refractivity contribution < 1.29 is 18.2 Å². The molecule has 3 unspecified atom stereocenters. The van der Waals surface area contributed by atoms with Gasteiger partial charge in [-0.05, 0) is 18.6 Å². The number of hydrogen-bond donors (Lipinski definition) is 3. The van der Waals surface area contributed by atoms with Gasteiger partial charge in [0.2, 0.25) is 0 Å². The minimum absolute atomic E-state index is 0.163. The van der Waals surface area contributed by atoms with E-state index in [9.17, 15) is 18.8 Å². The Bertz CT molecular complexity index is 1010. The van der Waals surface area contributed by atoms with Gasteiger partial charge in [0.05, 0.1) is 41.5 Å². The minimum Gasteiger partial charge on any atom is -0.492 e. The molecule has 3 aromatic rings. The first-order valence-corrected chi connectivity index (χ1v) is 10.9. The maximum absolute atomic E-state index is 14.2. The molecule has 0 radical (unpaired) electrons. The molecule has 3 rings (SSSR count). The van der Waals surface area contributed by atoms with Crippen molar-refractivity contribution in [2.45, 2.75) is 12.3 Å². The predicted octanol–water partition coefficient (Wildman–Crippen LogP) is 2.50. The number of aromatic nitrogens is 3. The normalized spacial score (nSPS) is 13.9. The predicted molar refractivity (Wildman–Crippen MR) is 104 cm³/mol. The average Bonchev–Trinajstić information content (AvgIpc) is 3.31. The number of H-pyrrole nitrogens is 1. The van der Waals surface area contributed by atoms with Crippen LogP contribution in [0.5, 0.6) is 5.75 Å². The maximum Gasteiger partial charge on any atom is 0.176 e. The molecule has 8 nitrogen and oxygen atoms in total. The number of hydrogen-bond acceptors (Lipinski definition) is 7. The summed E-state index contributed by atoms with van der Waals surface area (Å²) in [6.07, 6.45) is 1.83. The van der Waals surface area contributed by atoms with Crippen molar-refractivity contribution in [3.8, 4) is 23.2 Å². The zero-order chi connectivity index (χ0) is 19.4. The van der Waals surface area contributed by atoms with Gasteiger partial charge < -0.3 is 9.63 Å². The van der Waals surface area contributed by atoms with Gasteiger partial charge in [-0.25, -0.2) is 13.6 Å². The van der Waals surface area contributed by atoms with Crippen LogP contribution in [0.15, 0.2) is 18.5 Å². The molecule has 0 saturated heterocycles. The molecule has 0 bridgehead atoms. The van der Waals surface area contributed by atoms with Crippen LogP contribution in [0.3, 0.4) is 0 Å².